The normalized spacial score (nSPS) is 40.9. The van der Waals surface area contributed by atoms with Crippen molar-refractivity contribution in [2.24, 2.45) is 0 Å². The maximum Gasteiger partial charge on any atom is 0.0640 e. The first-order chi connectivity index (χ1) is 3.72. The SMILES string of the molecule is CC1C(Cl)CNN1C. The summed E-state index contributed by atoms with van der Waals surface area (Å²) in [4.78, 5) is 0. The smallest absolute Gasteiger partial charge is 0.0640 e. The van der Waals surface area contributed by atoms with Crippen molar-refractivity contribution in [1.82, 2.24) is 10.4 Å². The molecule has 3 heteroatoms. The summed E-state index contributed by atoms with van der Waals surface area (Å²) in [5.74, 6) is 0. The van der Waals surface area contributed by atoms with E-state index in [2.05, 4.69) is 12.3 Å². The lowest BCUT2D eigenvalue weighted by Gasteiger charge is -2.14. The quantitative estimate of drug-likeness (QED) is 0.484. The lowest BCUT2D eigenvalue weighted by molar-refractivity contribution is 0.252. The first-order valence-corrected chi connectivity index (χ1v) is 3.26. The standard InChI is InChI=1S/C5H11ClN2/c1-4-5(6)3-7-8(4)2/h4-5,7H,3H2,1-2H3. The largest absolute Gasteiger partial charge is 0.254 e. The molecule has 0 aromatic carbocycles. The molecule has 1 aliphatic rings. The Balaban J connectivity index is 2.44. The van der Waals surface area contributed by atoms with Gasteiger partial charge in [-0.2, -0.15) is 0 Å². The first-order valence-electron chi connectivity index (χ1n) is 2.82. The van der Waals surface area contributed by atoms with Crippen LogP contribution >= 0.6 is 11.6 Å². The van der Waals surface area contributed by atoms with Gasteiger partial charge in [-0.25, -0.2) is 5.01 Å². The lowest BCUT2D eigenvalue weighted by atomic mass is 10.3. The number of halogens is 1. The van der Waals surface area contributed by atoms with Crippen LogP contribution in [0.3, 0.4) is 0 Å². The Labute approximate surface area is 54.8 Å². The van der Waals surface area contributed by atoms with Crippen molar-refractivity contribution in [1.29, 1.82) is 0 Å². The summed E-state index contributed by atoms with van der Waals surface area (Å²) in [6.07, 6.45) is 0. The number of alkyl halides is 1. The van der Waals surface area contributed by atoms with Gasteiger partial charge in [-0.3, -0.25) is 5.43 Å². The average molecular weight is 135 g/mol. The van der Waals surface area contributed by atoms with Crippen LogP contribution in [0.2, 0.25) is 0 Å². The highest BCUT2D eigenvalue weighted by molar-refractivity contribution is 6.21. The molecule has 1 fully saturated rings. The van der Waals surface area contributed by atoms with Crippen LogP contribution in [0.1, 0.15) is 6.92 Å². The second-order valence-corrected chi connectivity index (χ2v) is 2.79. The molecule has 0 aromatic heterocycles. The van der Waals surface area contributed by atoms with E-state index < -0.39 is 0 Å². The van der Waals surface area contributed by atoms with Gasteiger partial charge in [0.25, 0.3) is 0 Å². The third kappa shape index (κ3) is 0.966. The summed E-state index contributed by atoms with van der Waals surface area (Å²) in [6, 6.07) is 0.469. The molecule has 2 unspecified atom stereocenters. The molecule has 0 aromatic rings. The van der Waals surface area contributed by atoms with Gasteiger partial charge in [-0.15, -0.1) is 11.6 Å². The molecular weight excluding hydrogens is 124 g/mol. The van der Waals surface area contributed by atoms with E-state index >= 15 is 0 Å². The Bertz CT molecular complexity index is 76.5. The zero-order valence-electron chi connectivity index (χ0n) is 5.19. The van der Waals surface area contributed by atoms with E-state index in [1.807, 2.05) is 12.1 Å². The van der Waals surface area contributed by atoms with E-state index in [1.165, 1.54) is 0 Å². The third-order valence-corrected chi connectivity index (χ3v) is 2.19. The summed E-state index contributed by atoms with van der Waals surface area (Å²) in [5, 5.41) is 2.32. The minimum absolute atomic E-state index is 0.278. The Kier molecular flexibility index (Phi) is 1.75. The average Bonchev–Trinajstić information content (AvgIpc) is 1.98. The van der Waals surface area contributed by atoms with Gasteiger partial charge in [0.15, 0.2) is 0 Å². The summed E-state index contributed by atoms with van der Waals surface area (Å²) in [7, 11) is 2.01. The second kappa shape index (κ2) is 2.21. The molecule has 1 aliphatic heterocycles. The summed E-state index contributed by atoms with van der Waals surface area (Å²) in [5.41, 5.74) is 3.12. The van der Waals surface area contributed by atoms with Gasteiger partial charge in [-0.05, 0) is 6.92 Å². The zero-order chi connectivity index (χ0) is 6.15. The highest BCUT2D eigenvalue weighted by Crippen LogP contribution is 2.11. The van der Waals surface area contributed by atoms with Crippen LogP contribution in [-0.4, -0.2) is 30.0 Å². The van der Waals surface area contributed by atoms with Gasteiger partial charge in [0.2, 0.25) is 0 Å². The van der Waals surface area contributed by atoms with Gasteiger partial charge in [0, 0.05) is 19.6 Å². The molecule has 0 radical (unpaired) electrons. The fourth-order valence-electron chi connectivity index (χ4n) is 0.788. The van der Waals surface area contributed by atoms with Crippen molar-refractivity contribution in [3.63, 3.8) is 0 Å². The van der Waals surface area contributed by atoms with Crippen LogP contribution in [0.25, 0.3) is 0 Å². The van der Waals surface area contributed by atoms with E-state index in [-0.39, 0.29) is 5.38 Å². The van der Waals surface area contributed by atoms with Gasteiger partial charge in [-0.1, -0.05) is 0 Å². The van der Waals surface area contributed by atoms with Crippen molar-refractivity contribution in [3.8, 4) is 0 Å². The van der Waals surface area contributed by atoms with Gasteiger partial charge in [0.05, 0.1) is 5.38 Å². The van der Waals surface area contributed by atoms with Crippen LogP contribution in [0.4, 0.5) is 0 Å². The molecule has 0 aliphatic carbocycles. The van der Waals surface area contributed by atoms with E-state index in [0.29, 0.717) is 6.04 Å². The predicted molar refractivity (Wildman–Crippen MR) is 34.9 cm³/mol. The molecule has 1 saturated heterocycles. The van der Waals surface area contributed by atoms with E-state index in [0.717, 1.165) is 6.54 Å². The van der Waals surface area contributed by atoms with Crippen molar-refractivity contribution in [2.75, 3.05) is 13.6 Å². The van der Waals surface area contributed by atoms with Crippen LogP contribution in [0.5, 0.6) is 0 Å². The Hall–Kier alpha value is 0.210. The molecule has 48 valence electrons. The summed E-state index contributed by atoms with van der Waals surface area (Å²) < 4.78 is 0. The molecule has 0 amide bonds. The number of hydrazine groups is 1. The molecule has 2 atom stereocenters. The molecule has 0 bridgehead atoms. The fraction of sp³-hybridized carbons (Fsp3) is 1.00. The van der Waals surface area contributed by atoms with Crippen LogP contribution in [0.15, 0.2) is 0 Å². The number of hydrogen-bond donors (Lipinski definition) is 1. The van der Waals surface area contributed by atoms with Crippen LogP contribution in [-0.2, 0) is 0 Å². The van der Waals surface area contributed by atoms with Crippen molar-refractivity contribution < 1.29 is 0 Å². The maximum absolute atomic E-state index is 5.85. The monoisotopic (exact) mass is 134 g/mol. The molecule has 0 saturated carbocycles. The maximum atomic E-state index is 5.85. The molecule has 1 N–H and O–H groups in total. The molecule has 1 heterocycles. The summed E-state index contributed by atoms with van der Waals surface area (Å²) >= 11 is 5.85. The molecule has 2 nitrogen and oxygen atoms in total. The van der Waals surface area contributed by atoms with E-state index in [4.69, 9.17) is 11.6 Å². The molecular formula is C5H11ClN2. The Morgan fingerprint density at radius 1 is 1.75 bits per heavy atom. The number of nitrogens with zero attached hydrogens (tertiary/aromatic N) is 1. The fourth-order valence-corrected chi connectivity index (χ4v) is 1.03. The van der Waals surface area contributed by atoms with Crippen molar-refractivity contribution >= 4 is 11.6 Å². The molecule has 0 spiro atoms. The summed E-state index contributed by atoms with van der Waals surface area (Å²) in [6.45, 7) is 3.01. The third-order valence-electron chi connectivity index (χ3n) is 1.67. The van der Waals surface area contributed by atoms with Gasteiger partial charge >= 0.3 is 0 Å². The van der Waals surface area contributed by atoms with Crippen LogP contribution < -0.4 is 5.43 Å². The Morgan fingerprint density at radius 3 is 2.50 bits per heavy atom. The first kappa shape index (κ1) is 6.33. The van der Waals surface area contributed by atoms with E-state index in [1.54, 1.807) is 0 Å². The highest BCUT2D eigenvalue weighted by atomic mass is 35.5. The van der Waals surface area contributed by atoms with Gasteiger partial charge in [0.1, 0.15) is 0 Å². The Morgan fingerprint density at radius 2 is 2.38 bits per heavy atom. The minimum Gasteiger partial charge on any atom is -0.254 e. The number of rotatable bonds is 0. The van der Waals surface area contributed by atoms with Crippen molar-refractivity contribution in [2.45, 2.75) is 18.3 Å². The number of nitrogens with one attached hydrogen (secondary N) is 1. The van der Waals surface area contributed by atoms with E-state index in [9.17, 15) is 0 Å². The molecule has 1 rings (SSSR count). The minimum atomic E-state index is 0.278. The zero-order valence-corrected chi connectivity index (χ0v) is 5.94. The molecule has 8 heavy (non-hydrogen) atoms. The predicted octanol–water partition coefficient (Wildman–Crippen LogP) is 0.432. The second-order valence-electron chi connectivity index (χ2n) is 2.23. The number of hydrogen-bond acceptors (Lipinski definition) is 2. The lowest BCUT2D eigenvalue weighted by Crippen LogP contribution is -2.32. The van der Waals surface area contributed by atoms with Crippen LogP contribution in [0, 0.1) is 0 Å². The van der Waals surface area contributed by atoms with Gasteiger partial charge < -0.3 is 0 Å². The highest BCUT2D eigenvalue weighted by Gasteiger charge is 2.24. The topological polar surface area (TPSA) is 15.3 Å². The van der Waals surface area contributed by atoms with Crippen molar-refractivity contribution in [3.05, 3.63) is 0 Å².